The van der Waals surface area contributed by atoms with E-state index in [0.29, 0.717) is 26.0 Å². The van der Waals surface area contributed by atoms with Crippen molar-refractivity contribution in [3.63, 3.8) is 0 Å². The van der Waals surface area contributed by atoms with Crippen LogP contribution < -0.4 is 14.8 Å². The van der Waals surface area contributed by atoms with Gasteiger partial charge in [-0.3, -0.25) is 4.79 Å². The van der Waals surface area contributed by atoms with Crippen LogP contribution >= 0.6 is 0 Å². The van der Waals surface area contributed by atoms with Crippen molar-refractivity contribution in [3.8, 4) is 22.8 Å². The minimum atomic E-state index is -0.00824. The van der Waals surface area contributed by atoms with Crippen LogP contribution in [0.4, 0.5) is 0 Å². The Labute approximate surface area is 188 Å². The van der Waals surface area contributed by atoms with Gasteiger partial charge in [0.2, 0.25) is 5.91 Å². The SMILES string of the molecule is COc1ccc(-c2ccc(CCC(=O)NCc3ccc(OCC4CCCO4)cc3)o2)cc1. The quantitative estimate of drug-likeness (QED) is 0.497. The second-order valence-corrected chi connectivity index (χ2v) is 7.86. The van der Waals surface area contributed by atoms with Crippen LogP contribution in [0.3, 0.4) is 0 Å². The Balaban J connectivity index is 1.18. The van der Waals surface area contributed by atoms with E-state index in [1.165, 1.54) is 0 Å². The van der Waals surface area contributed by atoms with Crippen LogP contribution in [-0.4, -0.2) is 32.3 Å². The summed E-state index contributed by atoms with van der Waals surface area (Å²) >= 11 is 0. The normalized spacial score (nSPS) is 15.5. The van der Waals surface area contributed by atoms with Gasteiger partial charge < -0.3 is 23.9 Å². The Hall–Kier alpha value is -3.25. The fraction of sp³-hybridized carbons (Fsp3) is 0.346. The standard InChI is InChI=1S/C26H29NO5/c1-29-21-10-6-20(7-11-21)25-14-12-23(32-25)13-15-26(28)27-17-19-4-8-22(9-5-19)31-18-24-3-2-16-30-24/h4-12,14,24H,2-3,13,15-18H2,1H3,(H,27,28). The number of hydrogen-bond acceptors (Lipinski definition) is 5. The maximum Gasteiger partial charge on any atom is 0.220 e. The zero-order valence-corrected chi connectivity index (χ0v) is 18.3. The Morgan fingerprint density at radius 1 is 1.03 bits per heavy atom. The predicted octanol–water partition coefficient (Wildman–Crippen LogP) is 4.76. The predicted molar refractivity (Wildman–Crippen MR) is 122 cm³/mol. The summed E-state index contributed by atoms with van der Waals surface area (Å²) in [7, 11) is 1.64. The van der Waals surface area contributed by atoms with Crippen LogP contribution in [0.25, 0.3) is 11.3 Å². The topological polar surface area (TPSA) is 69.9 Å². The number of rotatable bonds is 10. The Morgan fingerprint density at radius 3 is 2.53 bits per heavy atom. The maximum atomic E-state index is 12.2. The van der Waals surface area contributed by atoms with Gasteiger partial charge in [-0.15, -0.1) is 0 Å². The van der Waals surface area contributed by atoms with Crippen LogP contribution in [0.15, 0.2) is 65.1 Å². The van der Waals surface area contributed by atoms with Crippen molar-refractivity contribution in [2.45, 2.75) is 38.3 Å². The number of aryl methyl sites for hydroxylation is 1. The third kappa shape index (κ3) is 6.14. The van der Waals surface area contributed by atoms with Crippen molar-refractivity contribution >= 4 is 5.91 Å². The molecule has 0 aliphatic carbocycles. The summed E-state index contributed by atoms with van der Waals surface area (Å²) in [4.78, 5) is 12.2. The zero-order valence-electron chi connectivity index (χ0n) is 18.3. The molecule has 2 heterocycles. The Morgan fingerprint density at radius 2 is 1.81 bits per heavy atom. The highest BCUT2D eigenvalue weighted by atomic mass is 16.5. The number of hydrogen-bond donors (Lipinski definition) is 1. The fourth-order valence-electron chi connectivity index (χ4n) is 3.62. The summed E-state index contributed by atoms with van der Waals surface area (Å²) in [5.74, 6) is 3.19. The molecule has 2 aromatic carbocycles. The summed E-state index contributed by atoms with van der Waals surface area (Å²) in [6, 6.07) is 19.3. The van der Waals surface area contributed by atoms with E-state index in [9.17, 15) is 4.79 Å². The lowest BCUT2D eigenvalue weighted by molar-refractivity contribution is -0.121. The molecule has 32 heavy (non-hydrogen) atoms. The van der Waals surface area contributed by atoms with Crippen LogP contribution in [0, 0.1) is 0 Å². The fourth-order valence-corrected chi connectivity index (χ4v) is 3.62. The number of carbonyl (C=O) groups is 1. The highest BCUT2D eigenvalue weighted by Crippen LogP contribution is 2.25. The third-order valence-electron chi connectivity index (χ3n) is 5.51. The number of ether oxygens (including phenoxy) is 3. The van der Waals surface area contributed by atoms with E-state index < -0.39 is 0 Å². The van der Waals surface area contributed by atoms with Crippen molar-refractivity contribution < 1.29 is 23.4 Å². The number of benzene rings is 2. The van der Waals surface area contributed by atoms with Gasteiger partial charge in [-0.1, -0.05) is 12.1 Å². The first-order valence-electron chi connectivity index (χ1n) is 11.0. The molecule has 6 nitrogen and oxygen atoms in total. The van der Waals surface area contributed by atoms with Crippen molar-refractivity contribution in [3.05, 3.63) is 72.0 Å². The number of methoxy groups -OCH3 is 1. The lowest BCUT2D eigenvalue weighted by atomic mass is 10.2. The molecule has 168 valence electrons. The summed E-state index contributed by atoms with van der Waals surface area (Å²) in [5.41, 5.74) is 2.01. The van der Waals surface area contributed by atoms with E-state index >= 15 is 0 Å². The summed E-state index contributed by atoms with van der Waals surface area (Å²) in [6.45, 7) is 1.90. The molecule has 1 aromatic heterocycles. The average molecular weight is 436 g/mol. The summed E-state index contributed by atoms with van der Waals surface area (Å²) in [6.07, 6.45) is 3.30. The van der Waals surface area contributed by atoms with E-state index in [1.807, 2.05) is 60.7 Å². The van der Waals surface area contributed by atoms with E-state index in [4.69, 9.17) is 18.6 Å². The largest absolute Gasteiger partial charge is 0.497 e. The molecule has 0 bridgehead atoms. The molecule has 1 N–H and O–H groups in total. The smallest absolute Gasteiger partial charge is 0.220 e. The van der Waals surface area contributed by atoms with Crippen molar-refractivity contribution in [2.24, 2.45) is 0 Å². The molecule has 1 amide bonds. The molecule has 4 rings (SSSR count). The number of amides is 1. The van der Waals surface area contributed by atoms with Gasteiger partial charge in [-0.05, 0) is 66.9 Å². The minimum Gasteiger partial charge on any atom is -0.497 e. The second-order valence-electron chi connectivity index (χ2n) is 7.86. The zero-order chi connectivity index (χ0) is 22.2. The van der Waals surface area contributed by atoms with Crippen LogP contribution in [0.5, 0.6) is 11.5 Å². The first-order chi connectivity index (χ1) is 15.7. The first-order valence-corrected chi connectivity index (χ1v) is 11.0. The molecule has 1 unspecified atom stereocenters. The monoisotopic (exact) mass is 435 g/mol. The maximum absolute atomic E-state index is 12.2. The molecule has 0 radical (unpaired) electrons. The molecule has 1 atom stereocenters. The van der Waals surface area contributed by atoms with Gasteiger partial charge in [-0.25, -0.2) is 0 Å². The van der Waals surface area contributed by atoms with Crippen molar-refractivity contribution in [2.75, 3.05) is 20.3 Å². The Bertz CT molecular complexity index is 988. The average Bonchev–Trinajstić information content (AvgIpc) is 3.53. The molecule has 3 aromatic rings. The van der Waals surface area contributed by atoms with Gasteiger partial charge >= 0.3 is 0 Å². The minimum absolute atomic E-state index is 0.00824. The second kappa shape index (κ2) is 10.9. The molecule has 1 aliphatic heterocycles. The third-order valence-corrected chi connectivity index (χ3v) is 5.51. The highest BCUT2D eigenvalue weighted by molar-refractivity contribution is 5.76. The number of furan rings is 1. The molecule has 1 fully saturated rings. The van der Waals surface area contributed by atoms with E-state index in [-0.39, 0.29) is 12.0 Å². The van der Waals surface area contributed by atoms with E-state index in [2.05, 4.69) is 5.32 Å². The van der Waals surface area contributed by atoms with Crippen molar-refractivity contribution in [1.82, 2.24) is 5.32 Å². The lowest BCUT2D eigenvalue weighted by Crippen LogP contribution is -2.22. The molecule has 6 heteroatoms. The van der Waals surface area contributed by atoms with Gasteiger partial charge in [0.15, 0.2) is 0 Å². The molecule has 0 saturated carbocycles. The van der Waals surface area contributed by atoms with Gasteiger partial charge in [0.25, 0.3) is 0 Å². The van der Waals surface area contributed by atoms with Gasteiger partial charge in [0.1, 0.15) is 29.6 Å². The van der Waals surface area contributed by atoms with E-state index in [1.54, 1.807) is 7.11 Å². The van der Waals surface area contributed by atoms with E-state index in [0.717, 1.165) is 53.6 Å². The molecule has 0 spiro atoms. The molecule has 1 saturated heterocycles. The van der Waals surface area contributed by atoms with Gasteiger partial charge in [0.05, 0.1) is 13.2 Å². The van der Waals surface area contributed by atoms with Gasteiger partial charge in [0, 0.05) is 31.6 Å². The molecule has 1 aliphatic rings. The number of nitrogens with one attached hydrogen (secondary N) is 1. The lowest BCUT2D eigenvalue weighted by Gasteiger charge is -2.12. The van der Waals surface area contributed by atoms with Crippen LogP contribution in [-0.2, 0) is 22.5 Å². The van der Waals surface area contributed by atoms with Crippen molar-refractivity contribution in [1.29, 1.82) is 0 Å². The first kappa shape index (κ1) is 22.0. The molecular weight excluding hydrogens is 406 g/mol. The number of carbonyl (C=O) groups excluding carboxylic acids is 1. The summed E-state index contributed by atoms with van der Waals surface area (Å²) in [5, 5.41) is 2.96. The summed E-state index contributed by atoms with van der Waals surface area (Å²) < 4.78 is 22.4. The highest BCUT2D eigenvalue weighted by Gasteiger charge is 2.16. The Kier molecular flexibility index (Phi) is 7.46. The molecular formula is C26H29NO5. The van der Waals surface area contributed by atoms with Crippen LogP contribution in [0.1, 0.15) is 30.6 Å². The van der Waals surface area contributed by atoms with Crippen LogP contribution in [0.2, 0.25) is 0 Å². The van der Waals surface area contributed by atoms with Gasteiger partial charge in [-0.2, -0.15) is 0 Å².